The molecule has 1 N–H and O–H groups in total. The number of benzene rings is 1. The molecule has 132 valence electrons. The van der Waals surface area contributed by atoms with Crippen molar-refractivity contribution >= 4 is 17.7 Å². The lowest BCUT2D eigenvalue weighted by Crippen LogP contribution is -2.33. The number of carbonyl (C=O) groups is 3. The Morgan fingerprint density at radius 2 is 1.75 bits per heavy atom. The highest BCUT2D eigenvalue weighted by molar-refractivity contribution is 6.08. The molecule has 0 heterocycles. The maximum absolute atomic E-state index is 11.8. The molecule has 0 atom stereocenters. The van der Waals surface area contributed by atoms with Crippen molar-refractivity contribution in [3.05, 3.63) is 29.3 Å². The number of hydrogen-bond acceptors (Lipinski definition) is 5. The van der Waals surface area contributed by atoms with Gasteiger partial charge in [0.25, 0.3) is 0 Å². The number of Topliss-reactive ketones (excluding diaryl/α,β-unsaturated/α-hetero) is 2. The van der Waals surface area contributed by atoms with E-state index in [0.717, 1.165) is 0 Å². The molecule has 1 aromatic rings. The number of hydrogen-bond donors (Lipinski definition) is 1. The van der Waals surface area contributed by atoms with Crippen molar-refractivity contribution in [3.8, 4) is 5.75 Å². The van der Waals surface area contributed by atoms with Crippen molar-refractivity contribution in [2.45, 2.75) is 46.6 Å². The molecule has 0 saturated carbocycles. The van der Waals surface area contributed by atoms with Crippen molar-refractivity contribution in [2.24, 2.45) is 0 Å². The fourth-order valence-electron chi connectivity index (χ4n) is 2.07. The van der Waals surface area contributed by atoms with E-state index in [0.29, 0.717) is 36.4 Å². The number of ether oxygens (including phenoxy) is 2. The first-order valence-electron chi connectivity index (χ1n) is 7.86. The summed E-state index contributed by atoms with van der Waals surface area (Å²) in [5.74, 6) is -0.0209. The molecule has 0 radical (unpaired) electrons. The molecular formula is C18H25NO5. The van der Waals surface area contributed by atoms with Crippen molar-refractivity contribution < 1.29 is 23.9 Å². The Morgan fingerprint density at radius 1 is 1.08 bits per heavy atom. The highest BCUT2D eigenvalue weighted by Crippen LogP contribution is 2.23. The lowest BCUT2D eigenvalue weighted by atomic mass is 10.0. The van der Waals surface area contributed by atoms with Gasteiger partial charge in [0.1, 0.15) is 11.4 Å². The van der Waals surface area contributed by atoms with Crippen molar-refractivity contribution in [2.75, 3.05) is 13.2 Å². The molecule has 0 fully saturated rings. The zero-order valence-corrected chi connectivity index (χ0v) is 14.9. The summed E-state index contributed by atoms with van der Waals surface area (Å²) in [6.07, 6.45) is 0.0615. The first-order chi connectivity index (χ1) is 11.1. The highest BCUT2D eigenvalue weighted by Gasteiger charge is 2.17. The lowest BCUT2D eigenvalue weighted by molar-refractivity contribution is 0.0525. The normalized spacial score (nSPS) is 10.9. The van der Waals surface area contributed by atoms with Crippen LogP contribution in [0, 0.1) is 0 Å². The summed E-state index contributed by atoms with van der Waals surface area (Å²) in [6, 6.07) is 4.94. The third-order valence-electron chi connectivity index (χ3n) is 3.00. The van der Waals surface area contributed by atoms with Crippen LogP contribution in [0.4, 0.5) is 4.79 Å². The quantitative estimate of drug-likeness (QED) is 0.610. The van der Waals surface area contributed by atoms with Crippen LogP contribution in [-0.4, -0.2) is 36.4 Å². The van der Waals surface area contributed by atoms with Crippen LogP contribution >= 0.6 is 0 Å². The van der Waals surface area contributed by atoms with Gasteiger partial charge in [-0.2, -0.15) is 0 Å². The van der Waals surface area contributed by atoms with Gasteiger partial charge in [-0.25, -0.2) is 4.79 Å². The molecule has 1 amide bonds. The average molecular weight is 335 g/mol. The molecule has 0 aliphatic carbocycles. The number of rotatable bonds is 7. The monoisotopic (exact) mass is 335 g/mol. The SMILES string of the molecule is CC(=O)c1cccc(OCCCNC(=O)OC(C)(C)C)c1C(C)=O. The Kier molecular flexibility index (Phi) is 6.95. The summed E-state index contributed by atoms with van der Waals surface area (Å²) < 4.78 is 10.7. The number of nitrogens with one attached hydrogen (secondary N) is 1. The van der Waals surface area contributed by atoms with Gasteiger partial charge in [-0.3, -0.25) is 9.59 Å². The number of carbonyl (C=O) groups excluding carboxylic acids is 3. The van der Waals surface area contributed by atoms with Gasteiger partial charge >= 0.3 is 6.09 Å². The third-order valence-corrected chi connectivity index (χ3v) is 3.00. The molecule has 24 heavy (non-hydrogen) atoms. The van der Waals surface area contributed by atoms with Crippen LogP contribution in [0.25, 0.3) is 0 Å². The second-order valence-corrected chi connectivity index (χ2v) is 6.42. The van der Waals surface area contributed by atoms with Crippen LogP contribution < -0.4 is 10.1 Å². The van der Waals surface area contributed by atoms with Gasteiger partial charge in [0.15, 0.2) is 11.6 Å². The minimum Gasteiger partial charge on any atom is -0.493 e. The van der Waals surface area contributed by atoms with E-state index in [-0.39, 0.29) is 11.6 Å². The van der Waals surface area contributed by atoms with Crippen LogP contribution in [-0.2, 0) is 4.74 Å². The fraction of sp³-hybridized carbons (Fsp3) is 0.500. The first-order valence-corrected chi connectivity index (χ1v) is 7.86. The van der Waals surface area contributed by atoms with Crippen LogP contribution in [0.15, 0.2) is 18.2 Å². The van der Waals surface area contributed by atoms with E-state index in [1.165, 1.54) is 13.8 Å². The molecule has 0 saturated heterocycles. The predicted molar refractivity (Wildman–Crippen MR) is 90.8 cm³/mol. The van der Waals surface area contributed by atoms with E-state index in [1.807, 2.05) is 0 Å². The molecule has 6 nitrogen and oxygen atoms in total. The lowest BCUT2D eigenvalue weighted by Gasteiger charge is -2.19. The van der Waals surface area contributed by atoms with E-state index in [4.69, 9.17) is 9.47 Å². The minimum absolute atomic E-state index is 0.183. The molecule has 1 rings (SSSR count). The molecular weight excluding hydrogens is 310 g/mol. The highest BCUT2D eigenvalue weighted by atomic mass is 16.6. The van der Waals surface area contributed by atoms with E-state index >= 15 is 0 Å². The summed E-state index contributed by atoms with van der Waals surface area (Å²) in [5, 5.41) is 2.63. The zero-order chi connectivity index (χ0) is 18.3. The molecule has 6 heteroatoms. The smallest absolute Gasteiger partial charge is 0.407 e. The molecule has 0 bridgehead atoms. The Balaban J connectivity index is 2.54. The number of ketones is 2. The minimum atomic E-state index is -0.538. The van der Waals surface area contributed by atoms with Gasteiger partial charge < -0.3 is 14.8 Å². The van der Waals surface area contributed by atoms with Gasteiger partial charge in [0.2, 0.25) is 0 Å². The summed E-state index contributed by atoms with van der Waals surface area (Å²) >= 11 is 0. The molecule has 0 unspecified atom stereocenters. The van der Waals surface area contributed by atoms with Gasteiger partial charge in [0, 0.05) is 12.1 Å². The molecule has 0 aliphatic rings. The van der Waals surface area contributed by atoms with Crippen molar-refractivity contribution in [1.29, 1.82) is 0 Å². The average Bonchev–Trinajstić information content (AvgIpc) is 2.44. The van der Waals surface area contributed by atoms with Gasteiger partial charge in [0.05, 0.1) is 12.2 Å². The maximum Gasteiger partial charge on any atom is 0.407 e. The second kappa shape index (κ2) is 8.47. The Hall–Kier alpha value is -2.37. The fourth-order valence-corrected chi connectivity index (χ4v) is 2.07. The molecule has 0 aliphatic heterocycles. The first kappa shape index (κ1) is 19.7. The topological polar surface area (TPSA) is 81.7 Å². The Morgan fingerprint density at radius 3 is 2.29 bits per heavy atom. The predicted octanol–water partition coefficient (Wildman–Crippen LogP) is 3.39. The molecule has 0 aromatic heterocycles. The number of amides is 1. The van der Waals surface area contributed by atoms with E-state index in [1.54, 1.807) is 39.0 Å². The summed E-state index contributed by atoms with van der Waals surface area (Å²) in [5.41, 5.74) is 0.112. The second-order valence-electron chi connectivity index (χ2n) is 6.42. The van der Waals surface area contributed by atoms with Gasteiger partial charge in [-0.05, 0) is 47.1 Å². The van der Waals surface area contributed by atoms with E-state index in [9.17, 15) is 14.4 Å². The summed E-state index contributed by atoms with van der Waals surface area (Å²) in [7, 11) is 0. The van der Waals surface area contributed by atoms with Crippen LogP contribution in [0.5, 0.6) is 5.75 Å². The number of alkyl carbamates (subject to hydrolysis) is 1. The molecule has 0 spiro atoms. The van der Waals surface area contributed by atoms with Crippen molar-refractivity contribution in [1.82, 2.24) is 5.32 Å². The van der Waals surface area contributed by atoms with Crippen LogP contribution in [0.3, 0.4) is 0 Å². The standard InChI is InChI=1S/C18H25NO5/c1-12(20)14-8-6-9-15(16(14)13(2)21)23-11-7-10-19-17(22)24-18(3,4)5/h6,8-9H,7,10-11H2,1-5H3,(H,19,22). The molecule has 1 aromatic carbocycles. The Labute approximate surface area is 142 Å². The van der Waals surface area contributed by atoms with Gasteiger partial charge in [-0.15, -0.1) is 0 Å². The van der Waals surface area contributed by atoms with Crippen LogP contribution in [0.2, 0.25) is 0 Å². The maximum atomic E-state index is 11.8. The summed E-state index contributed by atoms with van der Waals surface area (Å²) in [4.78, 5) is 34.9. The summed E-state index contributed by atoms with van der Waals surface area (Å²) in [6.45, 7) is 8.88. The van der Waals surface area contributed by atoms with E-state index in [2.05, 4.69) is 5.32 Å². The third kappa shape index (κ3) is 6.40. The Bertz CT molecular complexity index is 616. The zero-order valence-electron chi connectivity index (χ0n) is 14.9. The van der Waals surface area contributed by atoms with Gasteiger partial charge in [-0.1, -0.05) is 12.1 Å². The van der Waals surface area contributed by atoms with Crippen molar-refractivity contribution in [3.63, 3.8) is 0 Å². The largest absolute Gasteiger partial charge is 0.493 e. The van der Waals surface area contributed by atoms with E-state index < -0.39 is 11.7 Å². The van der Waals surface area contributed by atoms with Crippen LogP contribution in [0.1, 0.15) is 61.8 Å².